The van der Waals surface area contributed by atoms with E-state index in [2.05, 4.69) is 5.48 Å². The predicted octanol–water partition coefficient (Wildman–Crippen LogP) is 3.20. The molecule has 2 nitrogen and oxygen atoms in total. The molecule has 90 valence electrons. The van der Waals surface area contributed by atoms with Crippen molar-refractivity contribution in [3.8, 4) is 0 Å². The van der Waals surface area contributed by atoms with Crippen molar-refractivity contribution in [3.63, 3.8) is 0 Å². The van der Waals surface area contributed by atoms with Crippen LogP contribution in [-0.2, 0) is 4.84 Å². The number of hydrogen-bond donors (Lipinski definition) is 1. The third-order valence-corrected chi connectivity index (χ3v) is 2.11. The van der Waals surface area contributed by atoms with Crippen molar-refractivity contribution < 1.29 is 13.6 Å². The third kappa shape index (κ3) is 3.87. The molecule has 0 radical (unpaired) electrons. The van der Waals surface area contributed by atoms with Crippen LogP contribution in [0.3, 0.4) is 0 Å². The van der Waals surface area contributed by atoms with Crippen molar-refractivity contribution in [2.75, 3.05) is 6.61 Å². The van der Waals surface area contributed by atoms with Crippen molar-refractivity contribution in [3.05, 3.63) is 35.4 Å². The highest BCUT2D eigenvalue weighted by Gasteiger charge is 2.11. The maximum Gasteiger partial charge on any atom is 0.130 e. The number of hydroxylamine groups is 1. The molecule has 1 atom stereocenters. The lowest BCUT2D eigenvalue weighted by Gasteiger charge is -2.15. The zero-order chi connectivity index (χ0) is 12.1. The van der Waals surface area contributed by atoms with E-state index >= 15 is 0 Å². The van der Waals surface area contributed by atoms with Crippen molar-refractivity contribution in [2.45, 2.75) is 26.8 Å². The molecule has 0 saturated carbocycles. The van der Waals surface area contributed by atoms with Gasteiger partial charge in [-0.25, -0.2) is 8.78 Å². The molecule has 0 aromatic heterocycles. The molecule has 1 rings (SSSR count). The molecule has 0 aliphatic rings. The first-order chi connectivity index (χ1) is 7.50. The molecule has 0 bridgehead atoms. The van der Waals surface area contributed by atoms with Crippen molar-refractivity contribution in [1.82, 2.24) is 5.48 Å². The predicted molar refractivity (Wildman–Crippen MR) is 58.7 cm³/mol. The van der Waals surface area contributed by atoms with Gasteiger partial charge >= 0.3 is 0 Å². The summed E-state index contributed by atoms with van der Waals surface area (Å²) in [6, 6.07) is 3.22. The fourth-order valence-corrected chi connectivity index (χ4v) is 1.26. The van der Waals surface area contributed by atoms with Gasteiger partial charge in [-0.2, -0.15) is 5.48 Å². The second-order valence-corrected chi connectivity index (χ2v) is 4.21. The van der Waals surface area contributed by atoms with Gasteiger partial charge in [-0.3, -0.25) is 0 Å². The van der Waals surface area contributed by atoms with Gasteiger partial charge in [-0.1, -0.05) is 19.9 Å². The van der Waals surface area contributed by atoms with Gasteiger partial charge in [0.15, 0.2) is 0 Å². The lowest BCUT2D eigenvalue weighted by molar-refractivity contribution is 0.00342. The molecule has 0 saturated heterocycles. The normalized spacial score (nSPS) is 13.1. The van der Waals surface area contributed by atoms with E-state index in [9.17, 15) is 8.78 Å². The minimum absolute atomic E-state index is 0.306. The zero-order valence-corrected chi connectivity index (χ0v) is 9.76. The molecular formula is C12H17F2NO. The lowest BCUT2D eigenvalue weighted by atomic mass is 10.1. The highest BCUT2D eigenvalue weighted by atomic mass is 19.1. The van der Waals surface area contributed by atoms with E-state index in [1.54, 1.807) is 6.92 Å². The fourth-order valence-electron chi connectivity index (χ4n) is 1.26. The smallest absolute Gasteiger partial charge is 0.130 e. The molecule has 0 heterocycles. The topological polar surface area (TPSA) is 21.3 Å². The van der Waals surface area contributed by atoms with Crippen molar-refractivity contribution >= 4 is 0 Å². The SMILES string of the molecule is CC(C)CONC(C)c1ccc(F)cc1F. The maximum atomic E-state index is 13.4. The summed E-state index contributed by atoms with van der Waals surface area (Å²) in [7, 11) is 0. The van der Waals surface area contributed by atoms with Crippen LogP contribution in [0.5, 0.6) is 0 Å². The van der Waals surface area contributed by atoms with Gasteiger partial charge in [0.25, 0.3) is 0 Å². The van der Waals surface area contributed by atoms with Crippen LogP contribution >= 0.6 is 0 Å². The second kappa shape index (κ2) is 5.92. The average molecular weight is 229 g/mol. The molecule has 0 amide bonds. The molecule has 4 heteroatoms. The number of benzene rings is 1. The van der Waals surface area contributed by atoms with Gasteiger partial charge in [0, 0.05) is 11.6 Å². The van der Waals surface area contributed by atoms with E-state index in [0.29, 0.717) is 18.1 Å². The molecule has 1 aromatic carbocycles. The Labute approximate surface area is 94.6 Å². The van der Waals surface area contributed by atoms with E-state index in [4.69, 9.17) is 4.84 Å². The Bertz CT molecular complexity index is 342. The monoisotopic (exact) mass is 229 g/mol. The van der Waals surface area contributed by atoms with Gasteiger partial charge in [0.1, 0.15) is 11.6 Å². The molecule has 0 aliphatic heterocycles. The number of halogens is 2. The zero-order valence-electron chi connectivity index (χ0n) is 9.76. The number of nitrogens with one attached hydrogen (secondary N) is 1. The van der Waals surface area contributed by atoms with Crippen molar-refractivity contribution in [2.24, 2.45) is 5.92 Å². The minimum Gasteiger partial charge on any atom is -0.301 e. The molecule has 1 unspecified atom stereocenters. The van der Waals surface area contributed by atoms with Crippen LogP contribution in [0, 0.1) is 17.6 Å². The summed E-state index contributed by atoms with van der Waals surface area (Å²) in [5.41, 5.74) is 3.12. The molecular weight excluding hydrogens is 212 g/mol. The third-order valence-electron chi connectivity index (χ3n) is 2.11. The molecule has 16 heavy (non-hydrogen) atoms. The molecule has 0 fully saturated rings. The molecule has 0 spiro atoms. The largest absolute Gasteiger partial charge is 0.301 e. The second-order valence-electron chi connectivity index (χ2n) is 4.21. The summed E-state index contributed by atoms with van der Waals surface area (Å²) in [6.45, 7) is 6.35. The summed E-state index contributed by atoms with van der Waals surface area (Å²) >= 11 is 0. The molecule has 0 aliphatic carbocycles. The summed E-state index contributed by atoms with van der Waals surface area (Å²) in [6.07, 6.45) is 0. The van der Waals surface area contributed by atoms with Crippen LogP contribution in [0.25, 0.3) is 0 Å². The van der Waals surface area contributed by atoms with Crippen LogP contribution in [-0.4, -0.2) is 6.61 Å². The van der Waals surface area contributed by atoms with E-state index in [0.717, 1.165) is 6.07 Å². The quantitative estimate of drug-likeness (QED) is 0.783. The Kier molecular flexibility index (Phi) is 4.83. The van der Waals surface area contributed by atoms with Gasteiger partial charge in [0.2, 0.25) is 0 Å². The van der Waals surface area contributed by atoms with E-state index in [1.807, 2.05) is 13.8 Å². The van der Waals surface area contributed by atoms with Gasteiger partial charge in [0.05, 0.1) is 12.6 Å². The summed E-state index contributed by atoms with van der Waals surface area (Å²) < 4.78 is 26.0. The maximum absolute atomic E-state index is 13.4. The Morgan fingerprint density at radius 2 is 1.94 bits per heavy atom. The number of hydrogen-bond acceptors (Lipinski definition) is 2. The van der Waals surface area contributed by atoms with Crippen LogP contribution in [0.1, 0.15) is 32.4 Å². The first-order valence-corrected chi connectivity index (χ1v) is 5.33. The van der Waals surface area contributed by atoms with Crippen molar-refractivity contribution in [1.29, 1.82) is 0 Å². The first kappa shape index (κ1) is 13.1. The van der Waals surface area contributed by atoms with Gasteiger partial charge in [-0.05, 0) is 18.9 Å². The van der Waals surface area contributed by atoms with E-state index < -0.39 is 11.6 Å². The summed E-state index contributed by atoms with van der Waals surface area (Å²) in [4.78, 5) is 5.19. The lowest BCUT2D eigenvalue weighted by Crippen LogP contribution is -2.22. The van der Waals surface area contributed by atoms with Gasteiger partial charge < -0.3 is 4.84 Å². The van der Waals surface area contributed by atoms with Crippen LogP contribution in [0.15, 0.2) is 18.2 Å². The summed E-state index contributed by atoms with van der Waals surface area (Å²) in [5, 5.41) is 0. The molecule has 1 N–H and O–H groups in total. The Morgan fingerprint density at radius 1 is 1.25 bits per heavy atom. The average Bonchev–Trinajstić information content (AvgIpc) is 2.16. The van der Waals surface area contributed by atoms with E-state index in [1.165, 1.54) is 12.1 Å². The van der Waals surface area contributed by atoms with E-state index in [-0.39, 0.29) is 6.04 Å². The standard InChI is InChI=1S/C12H17F2NO/c1-8(2)7-16-15-9(3)11-5-4-10(13)6-12(11)14/h4-6,8-9,15H,7H2,1-3H3. The van der Waals surface area contributed by atoms with Crippen LogP contribution in [0.2, 0.25) is 0 Å². The van der Waals surface area contributed by atoms with Gasteiger partial charge in [-0.15, -0.1) is 0 Å². The Balaban J connectivity index is 2.55. The number of rotatable bonds is 5. The summed E-state index contributed by atoms with van der Waals surface area (Å²) in [5.74, 6) is -0.734. The highest BCUT2D eigenvalue weighted by molar-refractivity contribution is 5.21. The highest BCUT2D eigenvalue weighted by Crippen LogP contribution is 2.17. The molecule has 1 aromatic rings. The Morgan fingerprint density at radius 3 is 2.50 bits per heavy atom. The van der Waals surface area contributed by atoms with Crippen LogP contribution in [0.4, 0.5) is 8.78 Å². The Hall–Kier alpha value is -1.00. The first-order valence-electron chi connectivity index (χ1n) is 5.33. The fraction of sp³-hybridized carbons (Fsp3) is 0.500. The minimum atomic E-state index is -0.573. The van der Waals surface area contributed by atoms with Crippen LogP contribution < -0.4 is 5.48 Å².